The van der Waals surface area contributed by atoms with E-state index in [2.05, 4.69) is 140 Å². The molecule has 1 aliphatic rings. The number of furan rings is 1. The van der Waals surface area contributed by atoms with Gasteiger partial charge in [0.2, 0.25) is 0 Å². The maximum absolute atomic E-state index is 6.77. The minimum Gasteiger partial charge on any atom is -0.455 e. The lowest BCUT2D eigenvalue weighted by molar-refractivity contribution is 0.670. The van der Waals surface area contributed by atoms with E-state index in [1.54, 1.807) is 0 Å². The van der Waals surface area contributed by atoms with E-state index in [0.717, 1.165) is 73.6 Å². The Kier molecular flexibility index (Phi) is 7.47. The quantitative estimate of drug-likeness (QED) is 0.169. The number of hydrogen-bond acceptors (Lipinski definition) is 4. The minimum absolute atomic E-state index is 0.618. The van der Waals surface area contributed by atoms with Crippen LogP contribution in [0.1, 0.15) is 31.2 Å². The van der Waals surface area contributed by atoms with Gasteiger partial charge in [-0.05, 0) is 88.8 Å². The Bertz CT molecular complexity index is 2730. The van der Waals surface area contributed by atoms with Gasteiger partial charge in [-0.3, -0.25) is 0 Å². The summed E-state index contributed by atoms with van der Waals surface area (Å²) < 4.78 is 6.77. The summed E-state index contributed by atoms with van der Waals surface area (Å²) in [6, 6.07) is 40.4. The third-order valence-corrected chi connectivity index (χ3v) is 9.45. The minimum atomic E-state index is 0.618. The summed E-state index contributed by atoms with van der Waals surface area (Å²) in [6.07, 6.45) is 16.9. The Balaban J connectivity index is 1.31. The molecule has 238 valence electrons. The lowest BCUT2D eigenvalue weighted by Crippen LogP contribution is -2.03. The van der Waals surface area contributed by atoms with E-state index in [1.807, 2.05) is 25.1 Å². The molecular weight excluding hydrogens is 611 g/mol. The summed E-state index contributed by atoms with van der Waals surface area (Å²) in [5.74, 6) is 1.93. The molecule has 0 aliphatic heterocycles. The molecule has 0 fully saturated rings. The van der Waals surface area contributed by atoms with Crippen LogP contribution in [0.15, 0.2) is 156 Å². The van der Waals surface area contributed by atoms with Crippen molar-refractivity contribution in [3.8, 4) is 33.9 Å². The number of fused-ring (bicyclic) bond motifs is 5. The second-order valence-corrected chi connectivity index (χ2v) is 12.6. The van der Waals surface area contributed by atoms with Crippen molar-refractivity contribution in [3.63, 3.8) is 0 Å². The summed E-state index contributed by atoms with van der Waals surface area (Å²) in [6.45, 7) is 2.03. The molecule has 2 aromatic heterocycles. The second kappa shape index (κ2) is 12.6. The van der Waals surface area contributed by atoms with Crippen LogP contribution in [0.25, 0.3) is 89.0 Å². The van der Waals surface area contributed by atoms with E-state index in [9.17, 15) is 0 Å². The second-order valence-electron chi connectivity index (χ2n) is 12.6. The number of benzene rings is 6. The van der Waals surface area contributed by atoms with E-state index >= 15 is 0 Å². The van der Waals surface area contributed by atoms with Crippen LogP contribution in [-0.4, -0.2) is 15.0 Å². The van der Waals surface area contributed by atoms with E-state index in [-0.39, 0.29) is 0 Å². The summed E-state index contributed by atoms with van der Waals surface area (Å²) in [4.78, 5) is 15.4. The molecule has 2 heterocycles. The molecule has 0 saturated heterocycles. The molecule has 0 radical (unpaired) electrons. The Morgan fingerprint density at radius 2 is 1.32 bits per heavy atom. The monoisotopic (exact) mass is 643 g/mol. The first-order valence-electron chi connectivity index (χ1n) is 17.1. The SMILES string of the molecule is C/C=C\C=C/c1cc2ccccc2cc1-c1ccc(-c2nc(C3=CCCC=C3)nc(-c3ccc4ccccc4c3)n2)c2c1oc1ccccc12. The van der Waals surface area contributed by atoms with Gasteiger partial charge in [-0.15, -0.1) is 0 Å². The Hall–Kier alpha value is -6.39. The van der Waals surface area contributed by atoms with Crippen LogP contribution in [0, 0.1) is 0 Å². The van der Waals surface area contributed by atoms with Crippen LogP contribution >= 0.6 is 0 Å². The van der Waals surface area contributed by atoms with Crippen molar-refractivity contribution in [1.82, 2.24) is 15.0 Å². The molecule has 0 saturated carbocycles. The molecule has 0 N–H and O–H groups in total. The number of para-hydroxylation sites is 1. The lowest BCUT2D eigenvalue weighted by Gasteiger charge is -2.13. The van der Waals surface area contributed by atoms with Gasteiger partial charge in [0.1, 0.15) is 11.2 Å². The first kappa shape index (κ1) is 29.7. The van der Waals surface area contributed by atoms with Crippen molar-refractivity contribution >= 4 is 55.1 Å². The fourth-order valence-electron chi connectivity index (χ4n) is 6.99. The van der Waals surface area contributed by atoms with Gasteiger partial charge in [0.25, 0.3) is 0 Å². The number of hydrogen-bond donors (Lipinski definition) is 0. The number of rotatable bonds is 6. The molecular formula is C46H33N3O. The van der Waals surface area contributed by atoms with Gasteiger partial charge in [-0.1, -0.05) is 121 Å². The van der Waals surface area contributed by atoms with Crippen LogP contribution in [0.4, 0.5) is 0 Å². The molecule has 8 aromatic rings. The van der Waals surface area contributed by atoms with Crippen molar-refractivity contribution in [3.05, 3.63) is 163 Å². The van der Waals surface area contributed by atoms with Crippen molar-refractivity contribution < 1.29 is 4.42 Å². The molecule has 1 aliphatic carbocycles. The van der Waals surface area contributed by atoms with Gasteiger partial charge in [-0.2, -0.15) is 0 Å². The highest BCUT2D eigenvalue weighted by Crippen LogP contribution is 2.43. The average molecular weight is 644 g/mol. The molecule has 50 heavy (non-hydrogen) atoms. The zero-order valence-corrected chi connectivity index (χ0v) is 27.7. The van der Waals surface area contributed by atoms with E-state index in [4.69, 9.17) is 19.4 Å². The average Bonchev–Trinajstić information content (AvgIpc) is 3.57. The lowest BCUT2D eigenvalue weighted by atomic mass is 9.92. The number of allylic oxidation sites excluding steroid dienone is 7. The van der Waals surface area contributed by atoms with Gasteiger partial charge in [-0.25, -0.2) is 15.0 Å². The third kappa shape index (κ3) is 5.32. The Labute approximate surface area is 290 Å². The zero-order valence-electron chi connectivity index (χ0n) is 27.7. The maximum atomic E-state index is 6.77. The molecule has 0 unspecified atom stereocenters. The van der Waals surface area contributed by atoms with Gasteiger partial charge < -0.3 is 4.42 Å². The summed E-state index contributed by atoms with van der Waals surface area (Å²) in [7, 11) is 0. The van der Waals surface area contributed by atoms with Gasteiger partial charge in [0, 0.05) is 33.0 Å². The van der Waals surface area contributed by atoms with Crippen LogP contribution in [0.5, 0.6) is 0 Å². The highest BCUT2D eigenvalue weighted by atomic mass is 16.3. The Morgan fingerprint density at radius 3 is 2.14 bits per heavy atom. The van der Waals surface area contributed by atoms with Crippen molar-refractivity contribution in [2.45, 2.75) is 19.8 Å². The molecule has 4 nitrogen and oxygen atoms in total. The van der Waals surface area contributed by atoms with Crippen LogP contribution in [0.3, 0.4) is 0 Å². The van der Waals surface area contributed by atoms with E-state index < -0.39 is 0 Å². The molecule has 0 atom stereocenters. The van der Waals surface area contributed by atoms with E-state index in [0.29, 0.717) is 17.5 Å². The summed E-state index contributed by atoms with van der Waals surface area (Å²) >= 11 is 0. The van der Waals surface area contributed by atoms with Crippen LogP contribution < -0.4 is 0 Å². The number of nitrogens with zero attached hydrogens (tertiary/aromatic N) is 3. The fourth-order valence-corrected chi connectivity index (χ4v) is 6.99. The predicted octanol–water partition coefficient (Wildman–Crippen LogP) is 12.4. The Morgan fingerprint density at radius 1 is 0.600 bits per heavy atom. The third-order valence-electron chi connectivity index (χ3n) is 9.45. The molecule has 4 heteroatoms. The molecule has 0 bridgehead atoms. The number of aromatic nitrogens is 3. The standard InChI is InChI=1S/C46H33N3O/c1-2-3-5-20-35-27-33-18-10-11-19-34(33)29-40(35)37-25-26-39(42-38-21-12-13-22-41(38)50-43(37)42)46-48-44(31-15-6-4-7-16-31)47-45(49-46)36-24-23-30-14-8-9-17-32(30)28-36/h2-3,5-6,8-29H,4,7H2,1H3/b3-2-,20-5-. The highest BCUT2D eigenvalue weighted by Gasteiger charge is 2.22. The fraction of sp³-hybridized carbons (Fsp3) is 0.0652. The highest BCUT2D eigenvalue weighted by molar-refractivity contribution is 6.16. The van der Waals surface area contributed by atoms with Gasteiger partial charge in [0.15, 0.2) is 17.5 Å². The topological polar surface area (TPSA) is 51.8 Å². The van der Waals surface area contributed by atoms with Crippen LogP contribution in [0.2, 0.25) is 0 Å². The summed E-state index contributed by atoms with van der Waals surface area (Å²) in [5, 5.41) is 6.71. The van der Waals surface area contributed by atoms with E-state index in [1.165, 1.54) is 16.2 Å². The maximum Gasteiger partial charge on any atom is 0.164 e. The molecule has 0 spiro atoms. The zero-order chi connectivity index (χ0) is 33.4. The normalized spacial score (nSPS) is 13.4. The van der Waals surface area contributed by atoms with Crippen molar-refractivity contribution in [2.75, 3.05) is 0 Å². The predicted molar refractivity (Wildman–Crippen MR) is 209 cm³/mol. The largest absolute Gasteiger partial charge is 0.455 e. The first-order valence-corrected chi connectivity index (χ1v) is 17.1. The van der Waals surface area contributed by atoms with Gasteiger partial charge >= 0.3 is 0 Å². The van der Waals surface area contributed by atoms with Gasteiger partial charge in [0.05, 0.1) is 0 Å². The molecule has 0 amide bonds. The van der Waals surface area contributed by atoms with Crippen LogP contribution in [-0.2, 0) is 0 Å². The molecule has 6 aromatic carbocycles. The van der Waals surface area contributed by atoms with Crippen molar-refractivity contribution in [1.29, 1.82) is 0 Å². The summed E-state index contributed by atoms with van der Waals surface area (Å²) in [5.41, 5.74) is 7.75. The smallest absolute Gasteiger partial charge is 0.164 e. The van der Waals surface area contributed by atoms with Crippen molar-refractivity contribution in [2.24, 2.45) is 0 Å². The molecule has 9 rings (SSSR count). The first-order chi connectivity index (χ1) is 24.7.